The summed E-state index contributed by atoms with van der Waals surface area (Å²) in [7, 11) is -7.47. The van der Waals surface area contributed by atoms with E-state index in [4.69, 9.17) is 10.5 Å². The molecule has 3 atom stereocenters. The van der Waals surface area contributed by atoms with Gasteiger partial charge in [0.15, 0.2) is 14.9 Å². The van der Waals surface area contributed by atoms with E-state index in [1.807, 2.05) is 0 Å². The zero-order valence-corrected chi connectivity index (χ0v) is 11.4. The predicted octanol–water partition coefficient (Wildman–Crippen LogP) is -1.59. The summed E-state index contributed by atoms with van der Waals surface area (Å²) in [5, 5.41) is -0.929. The molecular formula is C8H18N2O5S2. The van der Waals surface area contributed by atoms with Crippen LogP contribution in [0.2, 0.25) is 0 Å². The van der Waals surface area contributed by atoms with Crippen molar-refractivity contribution in [1.29, 1.82) is 0 Å². The summed E-state index contributed by atoms with van der Waals surface area (Å²) in [4.78, 5) is 0. The van der Waals surface area contributed by atoms with Gasteiger partial charge in [0.1, 0.15) is 0 Å². The summed E-state index contributed by atoms with van der Waals surface area (Å²) in [5.41, 5.74) is 5.66. The van der Waals surface area contributed by atoms with Crippen LogP contribution in [0.1, 0.15) is 13.3 Å². The number of sulfone groups is 1. The Balaban J connectivity index is 2.64. The summed E-state index contributed by atoms with van der Waals surface area (Å²) < 4.78 is 52.5. The molecule has 3 N–H and O–H groups in total. The second kappa shape index (κ2) is 5.19. The van der Waals surface area contributed by atoms with Crippen LogP contribution < -0.4 is 10.5 Å². The van der Waals surface area contributed by atoms with Crippen molar-refractivity contribution < 1.29 is 21.6 Å². The molecule has 0 aromatic heterocycles. The minimum atomic E-state index is -3.88. The van der Waals surface area contributed by atoms with Crippen LogP contribution in [0.3, 0.4) is 0 Å². The minimum Gasteiger partial charge on any atom is -0.377 e. The molecule has 1 aliphatic carbocycles. The molecule has 1 rings (SSSR count). The van der Waals surface area contributed by atoms with Gasteiger partial charge in [0.05, 0.1) is 12.1 Å². The van der Waals surface area contributed by atoms with Crippen LogP contribution in [0.15, 0.2) is 0 Å². The highest BCUT2D eigenvalue weighted by molar-refractivity contribution is 8.06. The molecule has 1 fully saturated rings. The van der Waals surface area contributed by atoms with Crippen molar-refractivity contribution in [3.05, 3.63) is 0 Å². The smallest absolute Gasteiger partial charge is 0.226 e. The van der Waals surface area contributed by atoms with Gasteiger partial charge in [-0.15, -0.1) is 0 Å². The zero-order chi connectivity index (χ0) is 13.3. The minimum absolute atomic E-state index is 0.274. The first-order chi connectivity index (χ1) is 7.64. The topological polar surface area (TPSA) is 116 Å². The van der Waals surface area contributed by atoms with Crippen LogP contribution >= 0.6 is 0 Å². The highest BCUT2D eigenvalue weighted by Gasteiger charge is 2.42. The molecule has 0 radical (unpaired) electrons. The van der Waals surface area contributed by atoms with Gasteiger partial charge in [0, 0.05) is 18.9 Å². The first-order valence-corrected chi connectivity index (χ1v) is 8.91. The SMILES string of the molecule is CCOC1CC(N)C1NS(=O)(=O)CS(C)(=O)=O. The first kappa shape index (κ1) is 14.8. The lowest BCUT2D eigenvalue weighted by molar-refractivity contribution is -0.0247. The van der Waals surface area contributed by atoms with Gasteiger partial charge < -0.3 is 10.5 Å². The Morgan fingerprint density at radius 1 is 1.35 bits per heavy atom. The lowest BCUT2D eigenvalue weighted by Gasteiger charge is -2.42. The molecule has 0 bridgehead atoms. The Bertz CT molecular complexity index is 456. The molecule has 0 heterocycles. The van der Waals surface area contributed by atoms with Crippen LogP contribution in [0.25, 0.3) is 0 Å². The average Bonchev–Trinajstić information content (AvgIpc) is 2.11. The Morgan fingerprint density at radius 3 is 2.35 bits per heavy atom. The molecular weight excluding hydrogens is 268 g/mol. The molecule has 0 aromatic rings. The standard InChI is InChI=1S/C8H18N2O5S2/c1-3-15-7-4-6(9)8(7)10-17(13,14)5-16(2,11)12/h6-8,10H,3-5,9H2,1-2H3. The first-order valence-electron chi connectivity index (χ1n) is 5.19. The van der Waals surface area contributed by atoms with E-state index >= 15 is 0 Å². The fourth-order valence-corrected chi connectivity index (χ4v) is 4.98. The van der Waals surface area contributed by atoms with Crippen molar-refractivity contribution in [2.75, 3.05) is 17.9 Å². The summed E-state index contributed by atoms with van der Waals surface area (Å²) in [6, 6.07) is -0.873. The largest absolute Gasteiger partial charge is 0.377 e. The van der Waals surface area contributed by atoms with Gasteiger partial charge in [-0.1, -0.05) is 0 Å². The lowest BCUT2D eigenvalue weighted by atomic mass is 9.84. The fraction of sp³-hybridized carbons (Fsp3) is 1.00. The van der Waals surface area contributed by atoms with E-state index in [1.165, 1.54) is 0 Å². The fourth-order valence-electron chi connectivity index (χ4n) is 1.71. The highest BCUT2D eigenvalue weighted by Crippen LogP contribution is 2.23. The predicted molar refractivity (Wildman–Crippen MR) is 63.6 cm³/mol. The van der Waals surface area contributed by atoms with Gasteiger partial charge >= 0.3 is 0 Å². The molecule has 0 aliphatic heterocycles. The molecule has 7 nitrogen and oxygen atoms in total. The van der Waals surface area contributed by atoms with Crippen LogP contribution in [0, 0.1) is 0 Å². The van der Waals surface area contributed by atoms with Gasteiger partial charge in [-0.05, 0) is 13.3 Å². The molecule has 0 saturated heterocycles. The van der Waals surface area contributed by atoms with Crippen LogP contribution in [-0.2, 0) is 24.6 Å². The molecule has 3 unspecified atom stereocenters. The maximum atomic E-state index is 11.5. The van der Waals surface area contributed by atoms with Gasteiger partial charge in [-0.3, -0.25) is 0 Å². The summed E-state index contributed by atoms with van der Waals surface area (Å²) in [6.45, 7) is 2.26. The number of nitrogens with one attached hydrogen (secondary N) is 1. The third kappa shape index (κ3) is 4.51. The summed E-state index contributed by atoms with van der Waals surface area (Å²) in [6.07, 6.45) is 1.16. The molecule has 1 aliphatic rings. The van der Waals surface area contributed by atoms with E-state index in [1.54, 1.807) is 6.92 Å². The number of sulfonamides is 1. The van der Waals surface area contributed by atoms with Crippen molar-refractivity contribution in [1.82, 2.24) is 4.72 Å². The van der Waals surface area contributed by atoms with Crippen LogP contribution in [0.5, 0.6) is 0 Å². The molecule has 102 valence electrons. The van der Waals surface area contributed by atoms with Gasteiger partial charge in [0.2, 0.25) is 10.0 Å². The third-order valence-corrected chi connectivity index (χ3v) is 6.02. The number of hydrogen-bond acceptors (Lipinski definition) is 6. The lowest BCUT2D eigenvalue weighted by Crippen LogP contribution is -2.65. The monoisotopic (exact) mass is 286 g/mol. The molecule has 9 heteroatoms. The van der Waals surface area contributed by atoms with Gasteiger partial charge in [-0.2, -0.15) is 0 Å². The third-order valence-electron chi connectivity index (χ3n) is 2.43. The van der Waals surface area contributed by atoms with E-state index in [0.717, 1.165) is 6.26 Å². The summed E-state index contributed by atoms with van der Waals surface area (Å²) in [5.74, 6) is 0. The summed E-state index contributed by atoms with van der Waals surface area (Å²) >= 11 is 0. The number of hydrogen-bond donors (Lipinski definition) is 2. The number of rotatable bonds is 6. The maximum absolute atomic E-state index is 11.5. The van der Waals surface area contributed by atoms with Crippen LogP contribution in [-0.4, -0.2) is 53.0 Å². The van der Waals surface area contributed by atoms with E-state index < -0.39 is 31.0 Å². The Morgan fingerprint density at radius 2 is 1.94 bits per heavy atom. The van der Waals surface area contributed by atoms with Crippen molar-refractivity contribution in [3.8, 4) is 0 Å². The van der Waals surface area contributed by atoms with Crippen molar-refractivity contribution >= 4 is 19.9 Å². The number of ether oxygens (including phenoxy) is 1. The second-order valence-electron chi connectivity index (χ2n) is 4.20. The molecule has 0 aromatic carbocycles. The molecule has 0 spiro atoms. The average molecular weight is 286 g/mol. The van der Waals surface area contributed by atoms with Crippen LogP contribution in [0.4, 0.5) is 0 Å². The van der Waals surface area contributed by atoms with E-state index in [9.17, 15) is 16.8 Å². The van der Waals surface area contributed by atoms with Crippen molar-refractivity contribution in [3.63, 3.8) is 0 Å². The second-order valence-corrected chi connectivity index (χ2v) is 8.45. The zero-order valence-electron chi connectivity index (χ0n) is 9.79. The Labute approximate surface area is 102 Å². The van der Waals surface area contributed by atoms with Crippen molar-refractivity contribution in [2.45, 2.75) is 31.5 Å². The van der Waals surface area contributed by atoms with Crippen molar-refractivity contribution in [2.24, 2.45) is 5.73 Å². The molecule has 0 amide bonds. The van der Waals surface area contributed by atoms with E-state index in [0.29, 0.717) is 13.0 Å². The maximum Gasteiger partial charge on any atom is 0.226 e. The van der Waals surface area contributed by atoms with Gasteiger partial charge in [-0.25, -0.2) is 21.6 Å². The number of nitrogens with two attached hydrogens (primary N) is 1. The Hall–Kier alpha value is -0.220. The molecule has 1 saturated carbocycles. The quantitative estimate of drug-likeness (QED) is 0.608. The normalized spacial score (nSPS) is 29.9. The molecule has 17 heavy (non-hydrogen) atoms. The highest BCUT2D eigenvalue weighted by atomic mass is 32.3. The van der Waals surface area contributed by atoms with E-state index in [2.05, 4.69) is 4.72 Å². The Kier molecular flexibility index (Phi) is 4.53. The van der Waals surface area contributed by atoms with E-state index in [-0.39, 0.29) is 12.1 Å². The van der Waals surface area contributed by atoms with Gasteiger partial charge in [0.25, 0.3) is 0 Å².